The molecule has 13 heteroatoms. The predicted molar refractivity (Wildman–Crippen MR) is 184 cm³/mol. The van der Waals surface area contributed by atoms with Crippen LogP contribution in [0.5, 0.6) is 0 Å². The largest absolute Gasteiger partial charge is 0.392 e. The molecule has 2 aromatic carbocycles. The number of nitrogens with zero attached hydrogens (tertiary/aromatic N) is 5. The molecule has 0 aliphatic carbocycles. The summed E-state index contributed by atoms with van der Waals surface area (Å²) in [7, 11) is 1.49. The molecule has 5 aromatic rings. The van der Waals surface area contributed by atoms with Crippen molar-refractivity contribution in [3.8, 4) is 0 Å². The Morgan fingerprint density at radius 3 is 1.88 bits per heavy atom. The van der Waals surface area contributed by atoms with Crippen LogP contribution in [0.2, 0.25) is 0 Å². The minimum atomic E-state index is -0.632. The van der Waals surface area contributed by atoms with Gasteiger partial charge in [-0.2, -0.15) is 4.39 Å². The highest BCUT2D eigenvalue weighted by atomic mass is 19.1. The fraction of sp³-hybridized carbons (Fsp3) is 0.371. The average molecular weight is 657 g/mol. The SMILES string of the molecule is CCc1nc2ccc(CN3CCN(c4ccc(C(=O)NC)nc4F)CC3)c(C)c2[nH]c1=O.CCc1nc2ccc(CO)c(C)c2[nH]c1=O. The van der Waals surface area contributed by atoms with Crippen LogP contribution in [0.3, 0.4) is 0 Å². The number of aliphatic hydroxyl groups excluding tert-OH is 1. The van der Waals surface area contributed by atoms with E-state index < -0.39 is 11.9 Å². The van der Waals surface area contributed by atoms with Gasteiger partial charge in [-0.25, -0.2) is 15.0 Å². The van der Waals surface area contributed by atoms with Gasteiger partial charge in [-0.05, 0) is 73.2 Å². The van der Waals surface area contributed by atoms with Crippen molar-refractivity contribution < 1.29 is 14.3 Å². The Labute approximate surface area is 277 Å². The Hall–Kier alpha value is -5.01. The van der Waals surface area contributed by atoms with Crippen molar-refractivity contribution in [2.24, 2.45) is 0 Å². The summed E-state index contributed by atoms with van der Waals surface area (Å²) in [6.45, 7) is 11.2. The number of aryl methyl sites for hydroxylation is 4. The number of aliphatic hydroxyl groups is 1. The van der Waals surface area contributed by atoms with Crippen LogP contribution in [0.4, 0.5) is 10.1 Å². The maximum atomic E-state index is 14.5. The van der Waals surface area contributed by atoms with E-state index in [-0.39, 0.29) is 23.4 Å². The molecule has 1 fully saturated rings. The van der Waals surface area contributed by atoms with Gasteiger partial charge in [-0.3, -0.25) is 19.3 Å². The molecule has 0 saturated carbocycles. The molecule has 3 aromatic heterocycles. The molecule has 0 unspecified atom stereocenters. The molecule has 252 valence electrons. The molecule has 0 atom stereocenters. The number of hydrogen-bond acceptors (Lipinski definition) is 9. The van der Waals surface area contributed by atoms with Gasteiger partial charge in [0.05, 0.1) is 34.4 Å². The van der Waals surface area contributed by atoms with Gasteiger partial charge in [0.1, 0.15) is 17.1 Å². The molecular weight excluding hydrogens is 615 g/mol. The Bertz CT molecular complexity index is 2090. The molecule has 0 spiro atoms. The number of amides is 1. The molecule has 4 N–H and O–H groups in total. The van der Waals surface area contributed by atoms with E-state index in [1.807, 2.05) is 50.8 Å². The van der Waals surface area contributed by atoms with Gasteiger partial charge in [-0.1, -0.05) is 26.0 Å². The number of anilines is 1. The van der Waals surface area contributed by atoms with Crippen molar-refractivity contribution in [2.75, 3.05) is 38.1 Å². The first-order valence-corrected chi connectivity index (χ1v) is 16.1. The molecule has 0 radical (unpaired) electrons. The Morgan fingerprint density at radius 1 is 0.833 bits per heavy atom. The van der Waals surface area contributed by atoms with E-state index in [4.69, 9.17) is 5.11 Å². The molecule has 1 amide bonds. The second kappa shape index (κ2) is 14.8. The van der Waals surface area contributed by atoms with E-state index in [9.17, 15) is 18.8 Å². The van der Waals surface area contributed by atoms with Crippen molar-refractivity contribution in [3.63, 3.8) is 0 Å². The van der Waals surface area contributed by atoms with Gasteiger partial charge in [0.15, 0.2) is 0 Å². The van der Waals surface area contributed by atoms with Crippen LogP contribution in [-0.4, -0.2) is 74.1 Å². The lowest BCUT2D eigenvalue weighted by molar-refractivity contribution is 0.0957. The first kappa shape index (κ1) is 34.3. The molecule has 48 heavy (non-hydrogen) atoms. The van der Waals surface area contributed by atoms with Crippen LogP contribution in [0, 0.1) is 19.8 Å². The van der Waals surface area contributed by atoms with Crippen LogP contribution in [0.25, 0.3) is 22.1 Å². The summed E-state index contributed by atoms with van der Waals surface area (Å²) in [5.41, 5.74) is 8.22. The molecule has 6 rings (SSSR count). The molecule has 1 aliphatic heterocycles. The number of benzene rings is 2. The summed E-state index contributed by atoms with van der Waals surface area (Å²) >= 11 is 0. The summed E-state index contributed by atoms with van der Waals surface area (Å²) in [6, 6.07) is 10.8. The lowest BCUT2D eigenvalue weighted by Gasteiger charge is -2.36. The number of fused-ring (bicyclic) bond motifs is 2. The quantitative estimate of drug-likeness (QED) is 0.193. The van der Waals surface area contributed by atoms with E-state index in [1.165, 1.54) is 7.05 Å². The number of rotatable bonds is 7. The number of carbonyl (C=O) groups excluding carboxylic acids is 1. The minimum absolute atomic E-state index is 0.0284. The number of nitrogens with one attached hydrogen (secondary N) is 3. The van der Waals surface area contributed by atoms with Crippen LogP contribution in [0.15, 0.2) is 46.0 Å². The van der Waals surface area contributed by atoms with E-state index in [0.29, 0.717) is 48.5 Å². The third-order valence-corrected chi connectivity index (χ3v) is 8.86. The summed E-state index contributed by atoms with van der Waals surface area (Å²) in [6.07, 6.45) is 1.22. The van der Waals surface area contributed by atoms with Crippen LogP contribution < -0.4 is 21.3 Å². The molecule has 0 bridgehead atoms. The van der Waals surface area contributed by atoms with Crippen molar-refractivity contribution >= 4 is 33.7 Å². The highest BCUT2D eigenvalue weighted by Gasteiger charge is 2.22. The van der Waals surface area contributed by atoms with E-state index in [1.54, 1.807) is 12.1 Å². The third-order valence-electron chi connectivity index (χ3n) is 8.86. The minimum Gasteiger partial charge on any atom is -0.392 e. The van der Waals surface area contributed by atoms with Gasteiger partial charge in [-0.15, -0.1) is 0 Å². The van der Waals surface area contributed by atoms with E-state index >= 15 is 0 Å². The standard InChI is InChI=1S/C23H27FN6O2.C12H14N2O2/c1-4-16-23(32)28-20-14(2)15(5-6-17(20)26-16)13-29-9-11-30(12-10-29)19-8-7-18(22(31)25-3)27-21(19)24;1-3-9-12(16)14-11-7(2)8(6-15)4-5-10(11)13-9/h5-8H,4,9-13H2,1-3H3,(H,25,31)(H,28,32);4-5,15H,3,6H2,1-2H3,(H,14,16). The van der Waals surface area contributed by atoms with E-state index in [0.717, 1.165) is 58.4 Å². The lowest BCUT2D eigenvalue weighted by Crippen LogP contribution is -2.46. The maximum Gasteiger partial charge on any atom is 0.270 e. The summed E-state index contributed by atoms with van der Waals surface area (Å²) in [4.78, 5) is 58.1. The average Bonchev–Trinajstić information content (AvgIpc) is 3.10. The molecule has 1 aliphatic rings. The fourth-order valence-corrected chi connectivity index (χ4v) is 5.87. The Morgan fingerprint density at radius 2 is 1.38 bits per heavy atom. The van der Waals surface area contributed by atoms with Gasteiger partial charge < -0.3 is 25.3 Å². The van der Waals surface area contributed by atoms with Crippen molar-refractivity contribution in [1.82, 2.24) is 35.1 Å². The summed E-state index contributed by atoms with van der Waals surface area (Å²) < 4.78 is 14.5. The highest BCUT2D eigenvalue weighted by molar-refractivity contribution is 5.92. The second-order valence-electron chi connectivity index (χ2n) is 11.7. The first-order chi connectivity index (χ1) is 23.1. The van der Waals surface area contributed by atoms with E-state index in [2.05, 4.69) is 41.2 Å². The van der Waals surface area contributed by atoms with Crippen molar-refractivity contribution in [3.05, 3.63) is 102 Å². The smallest absolute Gasteiger partial charge is 0.270 e. The highest BCUT2D eigenvalue weighted by Crippen LogP contribution is 2.23. The fourth-order valence-electron chi connectivity index (χ4n) is 5.87. The second-order valence-corrected chi connectivity index (χ2v) is 11.7. The third kappa shape index (κ3) is 7.11. The van der Waals surface area contributed by atoms with Gasteiger partial charge in [0.2, 0.25) is 5.95 Å². The zero-order valence-electron chi connectivity index (χ0n) is 27.9. The molecule has 4 heterocycles. The number of hydrogen-bond donors (Lipinski definition) is 4. The van der Waals surface area contributed by atoms with Crippen molar-refractivity contribution in [2.45, 2.75) is 53.7 Å². The zero-order chi connectivity index (χ0) is 34.5. The first-order valence-electron chi connectivity index (χ1n) is 16.1. The normalized spacial score (nSPS) is 13.4. The summed E-state index contributed by atoms with van der Waals surface area (Å²) in [5.74, 6) is -1.04. The molecular formula is C35H41FN8O4. The lowest BCUT2D eigenvalue weighted by atomic mass is 10.1. The predicted octanol–water partition coefficient (Wildman–Crippen LogP) is 3.30. The molecule has 1 saturated heterocycles. The van der Waals surface area contributed by atoms with Gasteiger partial charge >= 0.3 is 0 Å². The number of carbonyl (C=O) groups is 1. The monoisotopic (exact) mass is 656 g/mol. The van der Waals surface area contributed by atoms with Gasteiger partial charge in [0, 0.05) is 39.8 Å². The number of piperazine rings is 1. The summed E-state index contributed by atoms with van der Waals surface area (Å²) in [5, 5.41) is 11.6. The maximum absolute atomic E-state index is 14.5. The zero-order valence-corrected chi connectivity index (χ0v) is 27.9. The topological polar surface area (TPSA) is 160 Å². The number of H-pyrrole nitrogens is 2. The number of pyridine rings is 1. The number of aromatic amines is 2. The molecule has 12 nitrogen and oxygen atoms in total. The number of aromatic nitrogens is 5. The Kier molecular flexibility index (Phi) is 10.6. The Balaban J connectivity index is 0.000000236. The van der Waals surface area contributed by atoms with Gasteiger partial charge in [0.25, 0.3) is 17.0 Å². The van der Waals surface area contributed by atoms with Crippen LogP contribution >= 0.6 is 0 Å². The van der Waals surface area contributed by atoms with Crippen LogP contribution in [0.1, 0.15) is 58.0 Å². The van der Waals surface area contributed by atoms with Crippen LogP contribution in [-0.2, 0) is 26.0 Å². The number of halogens is 1. The van der Waals surface area contributed by atoms with Crippen molar-refractivity contribution in [1.29, 1.82) is 0 Å².